The SMILES string of the molecule is CCn1nccc1CNCCOC(N)=O. The number of aromatic nitrogens is 2. The summed E-state index contributed by atoms with van der Waals surface area (Å²) in [6.45, 7) is 4.46. The molecule has 3 N–H and O–H groups in total. The van der Waals surface area contributed by atoms with Gasteiger partial charge in [-0.15, -0.1) is 0 Å². The topological polar surface area (TPSA) is 82.2 Å². The molecule has 1 heterocycles. The molecule has 1 amide bonds. The predicted octanol–water partition coefficient (Wildman–Crippen LogP) is 0.0879. The minimum Gasteiger partial charge on any atom is -0.448 e. The number of amides is 1. The van der Waals surface area contributed by atoms with Gasteiger partial charge in [0.2, 0.25) is 0 Å². The van der Waals surface area contributed by atoms with Crippen LogP contribution in [0.4, 0.5) is 4.79 Å². The zero-order valence-electron chi connectivity index (χ0n) is 8.77. The fourth-order valence-corrected chi connectivity index (χ4v) is 1.24. The Bertz CT molecular complexity index is 311. The molecule has 0 atom stereocenters. The summed E-state index contributed by atoms with van der Waals surface area (Å²) >= 11 is 0. The molecule has 0 aromatic carbocycles. The number of nitrogens with one attached hydrogen (secondary N) is 1. The fraction of sp³-hybridized carbons (Fsp3) is 0.556. The molecule has 0 fully saturated rings. The minimum absolute atomic E-state index is 0.287. The first kappa shape index (κ1) is 11.5. The molecule has 0 aliphatic heterocycles. The molecule has 1 aromatic heterocycles. The summed E-state index contributed by atoms with van der Waals surface area (Å²) in [5.41, 5.74) is 5.92. The van der Waals surface area contributed by atoms with E-state index >= 15 is 0 Å². The Balaban J connectivity index is 2.17. The van der Waals surface area contributed by atoms with Crippen LogP contribution in [0.3, 0.4) is 0 Å². The Kier molecular flexibility index (Phi) is 4.62. The van der Waals surface area contributed by atoms with Gasteiger partial charge in [0.15, 0.2) is 0 Å². The van der Waals surface area contributed by atoms with Gasteiger partial charge in [0.05, 0.1) is 5.69 Å². The van der Waals surface area contributed by atoms with Gasteiger partial charge in [0.1, 0.15) is 6.61 Å². The van der Waals surface area contributed by atoms with Gasteiger partial charge >= 0.3 is 6.09 Å². The van der Waals surface area contributed by atoms with E-state index in [1.54, 1.807) is 6.20 Å². The molecule has 1 rings (SSSR count). The van der Waals surface area contributed by atoms with Crippen LogP contribution in [0.1, 0.15) is 12.6 Å². The number of nitrogens with zero attached hydrogens (tertiary/aromatic N) is 2. The normalized spacial score (nSPS) is 10.2. The van der Waals surface area contributed by atoms with Crippen molar-refractivity contribution in [3.8, 4) is 0 Å². The zero-order valence-corrected chi connectivity index (χ0v) is 8.77. The van der Waals surface area contributed by atoms with Crippen molar-refractivity contribution in [3.05, 3.63) is 18.0 Å². The Morgan fingerprint density at radius 3 is 3.20 bits per heavy atom. The van der Waals surface area contributed by atoms with Crippen molar-refractivity contribution in [1.82, 2.24) is 15.1 Å². The smallest absolute Gasteiger partial charge is 0.404 e. The Morgan fingerprint density at radius 1 is 1.73 bits per heavy atom. The van der Waals surface area contributed by atoms with Crippen molar-refractivity contribution in [2.45, 2.75) is 20.0 Å². The summed E-state index contributed by atoms with van der Waals surface area (Å²) in [5, 5.41) is 7.26. The molecule has 15 heavy (non-hydrogen) atoms. The lowest BCUT2D eigenvalue weighted by Gasteiger charge is -2.06. The molecule has 0 radical (unpaired) electrons. The third-order valence-electron chi connectivity index (χ3n) is 1.93. The molecule has 6 nitrogen and oxygen atoms in total. The minimum atomic E-state index is -0.740. The largest absolute Gasteiger partial charge is 0.448 e. The summed E-state index contributed by atoms with van der Waals surface area (Å²) in [6.07, 6.45) is 1.02. The van der Waals surface area contributed by atoms with Crippen LogP contribution in [0.15, 0.2) is 12.3 Å². The lowest BCUT2D eigenvalue weighted by molar-refractivity contribution is 0.157. The number of carbonyl (C=O) groups excluding carboxylic acids is 1. The number of carbonyl (C=O) groups is 1. The molecule has 1 aromatic rings. The van der Waals surface area contributed by atoms with E-state index in [1.807, 2.05) is 17.7 Å². The predicted molar refractivity (Wildman–Crippen MR) is 55.1 cm³/mol. The lowest BCUT2D eigenvalue weighted by atomic mass is 10.4. The summed E-state index contributed by atoms with van der Waals surface area (Å²) in [6, 6.07) is 1.95. The Morgan fingerprint density at radius 2 is 2.53 bits per heavy atom. The van der Waals surface area contributed by atoms with Crippen molar-refractivity contribution in [2.75, 3.05) is 13.2 Å². The van der Waals surface area contributed by atoms with E-state index in [0.717, 1.165) is 12.2 Å². The van der Waals surface area contributed by atoms with Crippen LogP contribution < -0.4 is 11.1 Å². The molecule has 0 aliphatic carbocycles. The standard InChI is InChI=1S/C9H16N4O2/c1-2-13-8(3-4-12-13)7-11-5-6-15-9(10)14/h3-4,11H,2,5-7H2,1H3,(H2,10,14). The van der Waals surface area contributed by atoms with Crippen LogP contribution in [0.25, 0.3) is 0 Å². The first-order valence-corrected chi connectivity index (χ1v) is 4.87. The van der Waals surface area contributed by atoms with E-state index in [4.69, 9.17) is 5.73 Å². The van der Waals surface area contributed by atoms with Gasteiger partial charge in [-0.3, -0.25) is 4.68 Å². The highest BCUT2D eigenvalue weighted by atomic mass is 16.5. The van der Waals surface area contributed by atoms with Crippen LogP contribution in [0.2, 0.25) is 0 Å². The summed E-state index contributed by atoms with van der Waals surface area (Å²) in [4.78, 5) is 10.2. The highest BCUT2D eigenvalue weighted by molar-refractivity contribution is 5.64. The van der Waals surface area contributed by atoms with Crippen molar-refractivity contribution < 1.29 is 9.53 Å². The number of hydrogen-bond acceptors (Lipinski definition) is 4. The highest BCUT2D eigenvalue weighted by Gasteiger charge is 1.99. The maximum absolute atomic E-state index is 10.2. The molecule has 6 heteroatoms. The second-order valence-electron chi connectivity index (χ2n) is 2.98. The monoisotopic (exact) mass is 212 g/mol. The van der Waals surface area contributed by atoms with Crippen LogP contribution in [-0.2, 0) is 17.8 Å². The molecular formula is C9H16N4O2. The third-order valence-corrected chi connectivity index (χ3v) is 1.93. The van der Waals surface area contributed by atoms with Crippen molar-refractivity contribution in [2.24, 2.45) is 5.73 Å². The van der Waals surface area contributed by atoms with E-state index in [-0.39, 0.29) is 6.61 Å². The molecule has 0 spiro atoms. The summed E-state index contributed by atoms with van der Waals surface area (Å²) in [7, 11) is 0. The number of primary amides is 1. The first-order valence-electron chi connectivity index (χ1n) is 4.87. The van der Waals surface area contributed by atoms with Gasteiger partial charge in [-0.1, -0.05) is 0 Å². The zero-order chi connectivity index (χ0) is 11.1. The van der Waals surface area contributed by atoms with Gasteiger partial charge in [-0.2, -0.15) is 5.10 Å². The van der Waals surface area contributed by atoms with Gasteiger partial charge in [0, 0.05) is 25.8 Å². The number of hydrogen-bond donors (Lipinski definition) is 2. The highest BCUT2D eigenvalue weighted by Crippen LogP contribution is 1.97. The molecule has 84 valence electrons. The van der Waals surface area contributed by atoms with Crippen molar-refractivity contribution in [1.29, 1.82) is 0 Å². The molecule has 0 bridgehead atoms. The maximum Gasteiger partial charge on any atom is 0.404 e. The number of aryl methyl sites for hydroxylation is 1. The van der Waals surface area contributed by atoms with Gasteiger partial charge < -0.3 is 15.8 Å². The van der Waals surface area contributed by atoms with Gasteiger partial charge in [0.25, 0.3) is 0 Å². The molecular weight excluding hydrogens is 196 g/mol. The first-order chi connectivity index (χ1) is 7.24. The Hall–Kier alpha value is -1.56. The second-order valence-corrected chi connectivity index (χ2v) is 2.98. The van der Waals surface area contributed by atoms with Crippen LogP contribution in [0.5, 0.6) is 0 Å². The number of ether oxygens (including phenoxy) is 1. The van der Waals surface area contributed by atoms with E-state index < -0.39 is 6.09 Å². The van der Waals surface area contributed by atoms with E-state index in [0.29, 0.717) is 13.1 Å². The van der Waals surface area contributed by atoms with Crippen LogP contribution in [0, 0.1) is 0 Å². The second kappa shape index (κ2) is 6.02. The van der Waals surface area contributed by atoms with Gasteiger partial charge in [-0.25, -0.2) is 4.79 Å². The lowest BCUT2D eigenvalue weighted by Crippen LogP contribution is -2.24. The van der Waals surface area contributed by atoms with Crippen LogP contribution >= 0.6 is 0 Å². The van der Waals surface area contributed by atoms with E-state index in [2.05, 4.69) is 15.2 Å². The fourth-order valence-electron chi connectivity index (χ4n) is 1.24. The summed E-state index contributed by atoms with van der Waals surface area (Å²) in [5.74, 6) is 0. The molecule has 0 saturated heterocycles. The number of nitrogens with two attached hydrogens (primary N) is 1. The molecule has 0 saturated carbocycles. The average molecular weight is 212 g/mol. The Labute approximate surface area is 88.4 Å². The number of rotatable bonds is 6. The summed E-state index contributed by atoms with van der Waals surface area (Å²) < 4.78 is 6.48. The average Bonchev–Trinajstić information content (AvgIpc) is 2.64. The van der Waals surface area contributed by atoms with Gasteiger partial charge in [-0.05, 0) is 13.0 Å². The third kappa shape index (κ3) is 3.99. The molecule has 0 unspecified atom stereocenters. The van der Waals surface area contributed by atoms with E-state index in [9.17, 15) is 4.79 Å². The van der Waals surface area contributed by atoms with Crippen LogP contribution in [-0.4, -0.2) is 29.0 Å². The van der Waals surface area contributed by atoms with E-state index in [1.165, 1.54) is 0 Å². The maximum atomic E-state index is 10.2. The molecule has 0 aliphatic rings. The van der Waals surface area contributed by atoms with Crippen molar-refractivity contribution >= 4 is 6.09 Å². The quantitative estimate of drug-likeness (QED) is 0.655. The van der Waals surface area contributed by atoms with Crippen molar-refractivity contribution in [3.63, 3.8) is 0 Å².